The molecule has 2 N–H and O–H groups in total. The number of benzene rings is 2. The summed E-state index contributed by atoms with van der Waals surface area (Å²) in [6, 6.07) is 14.0. The molecule has 0 aliphatic rings. The molecule has 0 saturated heterocycles. The van der Waals surface area contributed by atoms with Gasteiger partial charge in [-0.2, -0.15) is 5.10 Å². The van der Waals surface area contributed by atoms with Gasteiger partial charge in [-0.3, -0.25) is 9.59 Å². The fourth-order valence-electron chi connectivity index (χ4n) is 2.44. The molecule has 0 aliphatic carbocycles. The zero-order chi connectivity index (χ0) is 20.1. The Morgan fingerprint density at radius 3 is 2.61 bits per heavy atom. The molecule has 0 unspecified atom stereocenters. The van der Waals surface area contributed by atoms with Crippen LogP contribution in [0.1, 0.15) is 21.5 Å². The van der Waals surface area contributed by atoms with Crippen molar-refractivity contribution in [3.63, 3.8) is 0 Å². The number of rotatable bonds is 5. The van der Waals surface area contributed by atoms with Crippen molar-refractivity contribution in [1.82, 2.24) is 15.7 Å². The topological polar surface area (TPSA) is 83.5 Å². The van der Waals surface area contributed by atoms with Crippen LogP contribution in [0.15, 0.2) is 53.6 Å². The molecule has 1 heterocycles. The molecule has 0 fully saturated rings. The minimum atomic E-state index is -0.473. The van der Waals surface area contributed by atoms with Crippen LogP contribution in [0.25, 0.3) is 10.9 Å². The first kappa shape index (κ1) is 19.8. The minimum Gasteiger partial charge on any atom is -0.343 e. The van der Waals surface area contributed by atoms with Crippen molar-refractivity contribution >= 4 is 52.1 Å². The summed E-state index contributed by atoms with van der Waals surface area (Å²) in [5.41, 5.74) is 5.20. The maximum Gasteiger partial charge on any atom is 0.259 e. The number of nitrogens with zero attached hydrogens (tertiary/aromatic N) is 2. The zero-order valence-corrected chi connectivity index (χ0v) is 16.4. The van der Waals surface area contributed by atoms with Crippen LogP contribution in [0.2, 0.25) is 10.2 Å². The van der Waals surface area contributed by atoms with Gasteiger partial charge in [-0.15, -0.1) is 0 Å². The summed E-state index contributed by atoms with van der Waals surface area (Å²) in [4.78, 5) is 28.1. The Labute approximate surface area is 171 Å². The van der Waals surface area contributed by atoms with Crippen LogP contribution in [0, 0.1) is 6.92 Å². The number of pyridine rings is 1. The number of nitrogens with one attached hydrogen (secondary N) is 2. The van der Waals surface area contributed by atoms with Crippen molar-refractivity contribution in [1.29, 1.82) is 0 Å². The maximum atomic E-state index is 12.0. The normalized spacial score (nSPS) is 11.0. The number of amides is 2. The highest BCUT2D eigenvalue weighted by molar-refractivity contribution is 6.32. The molecule has 0 radical (unpaired) electrons. The largest absolute Gasteiger partial charge is 0.343 e. The van der Waals surface area contributed by atoms with E-state index in [1.807, 2.05) is 31.2 Å². The van der Waals surface area contributed by atoms with Crippen LogP contribution in [0.5, 0.6) is 0 Å². The second-order valence-electron chi connectivity index (χ2n) is 6.05. The molecule has 0 bridgehead atoms. The Hall–Kier alpha value is -2.96. The Morgan fingerprint density at radius 2 is 1.86 bits per heavy atom. The zero-order valence-electron chi connectivity index (χ0n) is 14.9. The van der Waals surface area contributed by atoms with Crippen molar-refractivity contribution in [2.45, 2.75) is 6.92 Å². The van der Waals surface area contributed by atoms with Gasteiger partial charge in [-0.05, 0) is 48.9 Å². The minimum absolute atomic E-state index is 0.220. The van der Waals surface area contributed by atoms with Crippen molar-refractivity contribution < 1.29 is 9.59 Å². The average Bonchev–Trinajstić information content (AvgIpc) is 2.67. The van der Waals surface area contributed by atoms with Gasteiger partial charge in [0.15, 0.2) is 0 Å². The number of aryl methyl sites for hydroxylation is 1. The predicted octanol–water partition coefficient (Wildman–Crippen LogP) is 3.73. The van der Waals surface area contributed by atoms with Gasteiger partial charge in [0.1, 0.15) is 5.15 Å². The Balaban J connectivity index is 1.56. The third-order valence-corrected chi connectivity index (χ3v) is 4.42. The monoisotopic (exact) mass is 414 g/mol. The lowest BCUT2D eigenvalue weighted by molar-refractivity contribution is -0.120. The molecule has 0 saturated carbocycles. The molecule has 0 spiro atoms. The molecule has 28 heavy (non-hydrogen) atoms. The van der Waals surface area contributed by atoms with Crippen LogP contribution in [0.3, 0.4) is 0 Å². The van der Waals surface area contributed by atoms with E-state index in [9.17, 15) is 9.59 Å². The Morgan fingerprint density at radius 1 is 1.11 bits per heavy atom. The molecular formula is C20H16Cl2N4O2. The SMILES string of the molecule is Cc1ccc2cc(/C=N\NC(=O)CNC(=O)c3ccc(Cl)cc3)c(Cl)nc2c1. The van der Waals surface area contributed by atoms with Gasteiger partial charge in [-0.25, -0.2) is 10.4 Å². The van der Waals surface area contributed by atoms with Crippen LogP contribution >= 0.6 is 23.2 Å². The lowest BCUT2D eigenvalue weighted by Crippen LogP contribution is -2.34. The van der Waals surface area contributed by atoms with Gasteiger partial charge in [0.25, 0.3) is 11.8 Å². The average molecular weight is 415 g/mol. The van der Waals surface area contributed by atoms with E-state index in [4.69, 9.17) is 23.2 Å². The van der Waals surface area contributed by atoms with E-state index in [0.29, 0.717) is 16.1 Å². The molecule has 1 aromatic heterocycles. The summed E-state index contributed by atoms with van der Waals surface area (Å²) in [6.07, 6.45) is 1.41. The highest BCUT2D eigenvalue weighted by atomic mass is 35.5. The number of aromatic nitrogens is 1. The number of hydrogen-bond donors (Lipinski definition) is 2. The van der Waals surface area contributed by atoms with Gasteiger partial charge >= 0.3 is 0 Å². The van der Waals surface area contributed by atoms with Gasteiger partial charge in [0.05, 0.1) is 18.3 Å². The van der Waals surface area contributed by atoms with Gasteiger partial charge in [-0.1, -0.05) is 35.3 Å². The summed E-state index contributed by atoms with van der Waals surface area (Å²) in [5.74, 6) is -0.855. The number of carbonyl (C=O) groups excluding carboxylic acids is 2. The Bertz CT molecular complexity index is 1070. The van der Waals surface area contributed by atoms with E-state index < -0.39 is 5.91 Å². The first-order chi connectivity index (χ1) is 13.4. The van der Waals surface area contributed by atoms with E-state index >= 15 is 0 Å². The number of halogens is 2. The smallest absolute Gasteiger partial charge is 0.259 e. The molecule has 3 rings (SSSR count). The molecule has 142 valence electrons. The van der Waals surface area contributed by atoms with Crippen LogP contribution in [0.4, 0.5) is 0 Å². The van der Waals surface area contributed by atoms with E-state index in [-0.39, 0.29) is 17.6 Å². The summed E-state index contributed by atoms with van der Waals surface area (Å²) in [5, 5.41) is 8.10. The summed E-state index contributed by atoms with van der Waals surface area (Å²) in [7, 11) is 0. The summed E-state index contributed by atoms with van der Waals surface area (Å²) < 4.78 is 0. The van der Waals surface area contributed by atoms with Gasteiger partial charge in [0, 0.05) is 21.5 Å². The third kappa shape index (κ3) is 5.06. The number of hydrogen-bond acceptors (Lipinski definition) is 4. The fourth-order valence-corrected chi connectivity index (χ4v) is 2.76. The summed E-state index contributed by atoms with van der Waals surface area (Å²) in [6.45, 7) is 1.76. The molecule has 0 atom stereocenters. The van der Waals surface area contributed by atoms with Crippen LogP contribution in [-0.4, -0.2) is 29.6 Å². The van der Waals surface area contributed by atoms with Crippen LogP contribution in [-0.2, 0) is 4.79 Å². The number of fused-ring (bicyclic) bond motifs is 1. The van der Waals surface area contributed by atoms with Crippen molar-refractivity contribution in [3.8, 4) is 0 Å². The van der Waals surface area contributed by atoms with Gasteiger partial charge < -0.3 is 5.32 Å². The van der Waals surface area contributed by atoms with Crippen molar-refractivity contribution in [2.75, 3.05) is 6.54 Å². The highest BCUT2D eigenvalue weighted by Gasteiger charge is 2.08. The molecule has 8 heteroatoms. The maximum absolute atomic E-state index is 12.0. The van der Waals surface area contributed by atoms with Crippen molar-refractivity contribution in [2.24, 2.45) is 5.10 Å². The third-order valence-electron chi connectivity index (χ3n) is 3.86. The molecule has 2 aromatic carbocycles. The predicted molar refractivity (Wildman–Crippen MR) is 111 cm³/mol. The van der Waals surface area contributed by atoms with Gasteiger partial charge in [0.2, 0.25) is 0 Å². The second-order valence-corrected chi connectivity index (χ2v) is 6.84. The lowest BCUT2D eigenvalue weighted by Gasteiger charge is -2.05. The molecule has 2 amide bonds. The second kappa shape index (κ2) is 8.82. The number of hydrazone groups is 1. The molecule has 0 aliphatic heterocycles. The Kier molecular flexibility index (Phi) is 6.23. The van der Waals surface area contributed by atoms with Crippen LogP contribution < -0.4 is 10.7 Å². The molecule has 3 aromatic rings. The molecular weight excluding hydrogens is 399 g/mol. The summed E-state index contributed by atoms with van der Waals surface area (Å²) >= 11 is 11.9. The first-order valence-electron chi connectivity index (χ1n) is 8.35. The van der Waals surface area contributed by atoms with E-state index in [1.54, 1.807) is 24.3 Å². The standard InChI is InChI=1S/C20H16Cl2N4O2/c1-12-2-3-14-9-15(19(22)25-17(14)8-12)10-24-26-18(27)11-23-20(28)13-4-6-16(21)7-5-13/h2-10H,11H2,1H3,(H,23,28)(H,26,27)/b24-10-. The van der Waals surface area contributed by atoms with E-state index in [1.165, 1.54) is 6.21 Å². The first-order valence-corrected chi connectivity index (χ1v) is 9.10. The highest BCUT2D eigenvalue weighted by Crippen LogP contribution is 2.20. The van der Waals surface area contributed by atoms with E-state index in [2.05, 4.69) is 20.8 Å². The fraction of sp³-hybridized carbons (Fsp3) is 0.100. The van der Waals surface area contributed by atoms with Crippen molar-refractivity contribution in [3.05, 3.63) is 75.4 Å². The molecule has 6 nitrogen and oxygen atoms in total. The lowest BCUT2D eigenvalue weighted by atomic mass is 10.1. The number of carbonyl (C=O) groups is 2. The quantitative estimate of drug-likeness (QED) is 0.379. The van der Waals surface area contributed by atoms with E-state index in [0.717, 1.165) is 16.5 Å².